The maximum atomic E-state index is 12.4. The normalized spacial score (nSPS) is 12.0. The molecule has 2 rings (SSSR count). The highest BCUT2D eigenvalue weighted by atomic mass is 79.9. The lowest BCUT2D eigenvalue weighted by Crippen LogP contribution is -2.28. The van der Waals surface area contributed by atoms with Crippen LogP contribution in [0, 0.1) is 13.8 Å². The molecule has 0 aliphatic heterocycles. The third kappa shape index (κ3) is 3.94. The Morgan fingerprint density at radius 3 is 2.38 bits per heavy atom. The molecule has 0 aliphatic rings. The topological polar surface area (TPSA) is 29.1 Å². The maximum absolute atomic E-state index is 12.4. The van der Waals surface area contributed by atoms with Crippen LogP contribution in [0.3, 0.4) is 0 Å². The minimum absolute atomic E-state index is 0.0330. The predicted octanol–water partition coefficient (Wildman–Crippen LogP) is 4.95. The van der Waals surface area contributed by atoms with Gasteiger partial charge >= 0.3 is 0 Å². The van der Waals surface area contributed by atoms with Crippen molar-refractivity contribution in [3.63, 3.8) is 0 Å². The summed E-state index contributed by atoms with van der Waals surface area (Å²) >= 11 is 3.38. The van der Waals surface area contributed by atoms with Gasteiger partial charge in [0.1, 0.15) is 0 Å². The van der Waals surface area contributed by atoms with E-state index in [-0.39, 0.29) is 11.9 Å². The Labute approximate surface area is 134 Å². The van der Waals surface area contributed by atoms with Gasteiger partial charge in [-0.25, -0.2) is 0 Å². The van der Waals surface area contributed by atoms with Crippen LogP contribution in [0.5, 0.6) is 0 Å². The zero-order valence-corrected chi connectivity index (χ0v) is 14.2. The quantitative estimate of drug-likeness (QED) is 0.834. The minimum atomic E-state index is -0.0330. The molecule has 1 atom stereocenters. The van der Waals surface area contributed by atoms with Crippen LogP contribution >= 0.6 is 15.9 Å². The van der Waals surface area contributed by atoms with E-state index in [2.05, 4.69) is 60.2 Å². The lowest BCUT2D eigenvalue weighted by molar-refractivity contribution is 0.0935. The molecule has 0 bridgehead atoms. The molecule has 2 aromatic rings. The van der Waals surface area contributed by atoms with Crippen LogP contribution in [0.25, 0.3) is 0 Å². The van der Waals surface area contributed by atoms with Crippen molar-refractivity contribution in [1.82, 2.24) is 5.32 Å². The Balaban J connectivity index is 2.18. The van der Waals surface area contributed by atoms with Crippen molar-refractivity contribution < 1.29 is 4.79 Å². The molecule has 1 unspecified atom stereocenters. The van der Waals surface area contributed by atoms with E-state index in [1.165, 1.54) is 16.7 Å². The fourth-order valence-corrected chi connectivity index (χ4v) is 2.72. The summed E-state index contributed by atoms with van der Waals surface area (Å²) in [6, 6.07) is 13.8. The molecule has 0 aromatic heterocycles. The van der Waals surface area contributed by atoms with Gasteiger partial charge in [0.15, 0.2) is 0 Å². The summed E-state index contributed by atoms with van der Waals surface area (Å²) in [5.41, 5.74) is 4.33. The molecule has 0 radical (unpaired) electrons. The number of benzene rings is 2. The van der Waals surface area contributed by atoms with E-state index >= 15 is 0 Å². The van der Waals surface area contributed by atoms with Crippen LogP contribution in [0.4, 0.5) is 0 Å². The van der Waals surface area contributed by atoms with E-state index in [9.17, 15) is 4.79 Å². The van der Waals surface area contributed by atoms with E-state index in [1.54, 1.807) is 0 Å². The Kier molecular flexibility index (Phi) is 5.18. The first-order chi connectivity index (χ1) is 10.0. The third-order valence-electron chi connectivity index (χ3n) is 3.62. The molecule has 1 N–H and O–H groups in total. The summed E-state index contributed by atoms with van der Waals surface area (Å²) in [6.07, 6.45) is 0.867. The molecule has 0 spiro atoms. The molecular weight excluding hydrogens is 326 g/mol. The van der Waals surface area contributed by atoms with Gasteiger partial charge in [0, 0.05) is 10.0 Å². The van der Waals surface area contributed by atoms with Crippen molar-refractivity contribution in [2.45, 2.75) is 33.2 Å². The molecule has 2 nitrogen and oxygen atoms in total. The lowest BCUT2D eigenvalue weighted by atomic mass is 9.97. The Morgan fingerprint density at radius 2 is 1.81 bits per heavy atom. The molecule has 0 aliphatic carbocycles. The molecule has 0 saturated carbocycles. The zero-order valence-electron chi connectivity index (χ0n) is 12.6. The third-order valence-corrected chi connectivity index (χ3v) is 4.15. The van der Waals surface area contributed by atoms with Gasteiger partial charge < -0.3 is 5.32 Å². The number of aryl methyl sites for hydroxylation is 2. The average molecular weight is 346 g/mol. The van der Waals surface area contributed by atoms with Crippen molar-refractivity contribution in [2.24, 2.45) is 0 Å². The second kappa shape index (κ2) is 6.90. The molecule has 3 heteroatoms. The Bertz CT molecular complexity index is 634. The zero-order chi connectivity index (χ0) is 15.4. The molecule has 110 valence electrons. The van der Waals surface area contributed by atoms with Crippen molar-refractivity contribution in [2.75, 3.05) is 0 Å². The summed E-state index contributed by atoms with van der Waals surface area (Å²) in [7, 11) is 0. The van der Waals surface area contributed by atoms with E-state index in [0.29, 0.717) is 5.56 Å². The summed E-state index contributed by atoms with van der Waals surface area (Å²) < 4.78 is 0.973. The van der Waals surface area contributed by atoms with Crippen molar-refractivity contribution in [3.8, 4) is 0 Å². The average Bonchev–Trinajstić information content (AvgIpc) is 2.46. The number of carbonyl (C=O) groups is 1. The monoisotopic (exact) mass is 345 g/mol. The number of nitrogens with one attached hydrogen (secondary N) is 1. The molecule has 0 fully saturated rings. The van der Waals surface area contributed by atoms with Gasteiger partial charge in [-0.05, 0) is 55.7 Å². The van der Waals surface area contributed by atoms with Crippen LogP contribution in [-0.2, 0) is 0 Å². The highest BCUT2D eigenvalue weighted by molar-refractivity contribution is 9.10. The van der Waals surface area contributed by atoms with E-state index < -0.39 is 0 Å². The first-order valence-corrected chi connectivity index (χ1v) is 7.94. The van der Waals surface area contributed by atoms with Gasteiger partial charge in [0.05, 0.1) is 6.04 Å². The highest BCUT2D eigenvalue weighted by Crippen LogP contribution is 2.22. The van der Waals surface area contributed by atoms with Crippen molar-refractivity contribution >= 4 is 21.8 Å². The molecule has 2 aromatic carbocycles. The Hall–Kier alpha value is -1.61. The van der Waals surface area contributed by atoms with Gasteiger partial charge in [-0.15, -0.1) is 0 Å². The number of hydrogen-bond acceptors (Lipinski definition) is 1. The molecule has 21 heavy (non-hydrogen) atoms. The number of halogens is 1. The predicted molar refractivity (Wildman–Crippen MR) is 90.6 cm³/mol. The summed E-state index contributed by atoms with van der Waals surface area (Å²) in [5.74, 6) is -0.0330. The largest absolute Gasteiger partial charge is 0.345 e. The fourth-order valence-electron chi connectivity index (χ4n) is 2.46. The maximum Gasteiger partial charge on any atom is 0.251 e. The van der Waals surface area contributed by atoms with Gasteiger partial charge in [-0.3, -0.25) is 4.79 Å². The molecular formula is C18H20BrNO. The van der Waals surface area contributed by atoms with Crippen LogP contribution in [0.1, 0.15) is 46.4 Å². The minimum Gasteiger partial charge on any atom is -0.345 e. The van der Waals surface area contributed by atoms with Crippen molar-refractivity contribution in [3.05, 3.63) is 69.2 Å². The van der Waals surface area contributed by atoms with E-state index in [0.717, 1.165) is 10.9 Å². The SMILES string of the molecule is CCC(NC(=O)c1ccc(Br)cc1)c1ccc(C)cc1C. The second-order valence-corrected chi connectivity index (χ2v) is 6.22. The highest BCUT2D eigenvalue weighted by Gasteiger charge is 2.15. The van der Waals surface area contributed by atoms with Crippen LogP contribution in [-0.4, -0.2) is 5.91 Å². The summed E-state index contributed by atoms with van der Waals surface area (Å²) in [4.78, 5) is 12.4. The van der Waals surface area contributed by atoms with Gasteiger partial charge in [0.2, 0.25) is 0 Å². The van der Waals surface area contributed by atoms with Crippen molar-refractivity contribution in [1.29, 1.82) is 0 Å². The molecule has 1 amide bonds. The van der Waals surface area contributed by atoms with E-state index in [4.69, 9.17) is 0 Å². The lowest BCUT2D eigenvalue weighted by Gasteiger charge is -2.20. The van der Waals surface area contributed by atoms with E-state index in [1.807, 2.05) is 24.3 Å². The molecule has 0 heterocycles. The van der Waals surface area contributed by atoms with Crippen LogP contribution < -0.4 is 5.32 Å². The summed E-state index contributed by atoms with van der Waals surface area (Å²) in [6.45, 7) is 6.26. The van der Waals surface area contributed by atoms with Gasteiger partial charge in [0.25, 0.3) is 5.91 Å². The molecule has 0 saturated heterocycles. The number of carbonyl (C=O) groups excluding carboxylic acids is 1. The Morgan fingerprint density at radius 1 is 1.14 bits per heavy atom. The number of rotatable bonds is 4. The smallest absolute Gasteiger partial charge is 0.251 e. The van der Waals surface area contributed by atoms with Crippen LogP contribution in [0.2, 0.25) is 0 Å². The summed E-state index contributed by atoms with van der Waals surface area (Å²) in [5, 5.41) is 3.12. The van der Waals surface area contributed by atoms with Gasteiger partial charge in [-0.2, -0.15) is 0 Å². The number of amides is 1. The standard InChI is InChI=1S/C18H20BrNO/c1-4-17(16-10-5-12(2)11-13(16)3)20-18(21)14-6-8-15(19)9-7-14/h5-11,17H,4H2,1-3H3,(H,20,21). The first kappa shape index (κ1) is 15.8. The second-order valence-electron chi connectivity index (χ2n) is 5.30. The fraction of sp³-hybridized carbons (Fsp3) is 0.278. The van der Waals surface area contributed by atoms with Gasteiger partial charge in [-0.1, -0.05) is 46.6 Å². The number of hydrogen-bond donors (Lipinski definition) is 1. The first-order valence-electron chi connectivity index (χ1n) is 7.15. The van der Waals surface area contributed by atoms with Crippen LogP contribution in [0.15, 0.2) is 46.9 Å².